The van der Waals surface area contributed by atoms with Crippen molar-refractivity contribution in [3.63, 3.8) is 0 Å². The van der Waals surface area contributed by atoms with Gasteiger partial charge in [-0.3, -0.25) is 0 Å². The summed E-state index contributed by atoms with van der Waals surface area (Å²) in [7, 11) is 0. The van der Waals surface area contributed by atoms with E-state index >= 15 is 0 Å². The number of aromatic nitrogens is 2. The summed E-state index contributed by atoms with van der Waals surface area (Å²) in [6.07, 6.45) is 4.34. The zero-order valence-corrected chi connectivity index (χ0v) is 15.2. The number of nitrogens with zero attached hydrogens (tertiary/aromatic N) is 2. The van der Waals surface area contributed by atoms with Crippen molar-refractivity contribution in [2.45, 2.75) is 49.0 Å². The Bertz CT molecular complexity index is 831. The van der Waals surface area contributed by atoms with Crippen molar-refractivity contribution in [2.75, 3.05) is 0 Å². The number of hydrogen-bond acceptors (Lipinski definition) is 4. The van der Waals surface area contributed by atoms with Crippen LogP contribution >= 0.6 is 11.8 Å². The third kappa shape index (κ3) is 3.79. The molecule has 2 atom stereocenters. The molecule has 0 N–H and O–H groups in total. The van der Waals surface area contributed by atoms with Gasteiger partial charge >= 0.3 is 0 Å². The molecule has 0 fully saturated rings. The average Bonchev–Trinajstić information content (AvgIpc) is 3.09. The monoisotopic (exact) mass is 350 g/mol. The van der Waals surface area contributed by atoms with Crippen molar-refractivity contribution < 1.29 is 4.42 Å². The van der Waals surface area contributed by atoms with Gasteiger partial charge in [-0.2, -0.15) is 0 Å². The van der Waals surface area contributed by atoms with Gasteiger partial charge < -0.3 is 4.42 Å². The molecule has 4 rings (SSSR count). The van der Waals surface area contributed by atoms with Crippen LogP contribution in [-0.4, -0.2) is 10.2 Å². The van der Waals surface area contributed by atoms with Gasteiger partial charge in [-0.15, -0.1) is 10.2 Å². The Morgan fingerprint density at radius 3 is 2.76 bits per heavy atom. The van der Waals surface area contributed by atoms with E-state index in [0.29, 0.717) is 16.4 Å². The lowest BCUT2D eigenvalue weighted by Gasteiger charge is -2.23. The van der Waals surface area contributed by atoms with Crippen LogP contribution in [0.5, 0.6) is 0 Å². The first-order valence-corrected chi connectivity index (χ1v) is 9.79. The molecule has 0 saturated heterocycles. The van der Waals surface area contributed by atoms with Gasteiger partial charge in [-0.05, 0) is 41.9 Å². The highest BCUT2D eigenvalue weighted by molar-refractivity contribution is 7.99. The molecule has 0 amide bonds. The predicted molar refractivity (Wildman–Crippen MR) is 101 cm³/mol. The van der Waals surface area contributed by atoms with E-state index in [2.05, 4.69) is 65.7 Å². The minimum Gasteiger partial charge on any atom is -0.416 e. The maximum atomic E-state index is 5.93. The van der Waals surface area contributed by atoms with Gasteiger partial charge in [-0.1, -0.05) is 73.3 Å². The maximum Gasteiger partial charge on any atom is 0.277 e. The normalized spacial score (nSPS) is 17.9. The molecular formula is C21H22N2OS. The molecule has 128 valence electrons. The SMILES string of the molecule is CC(Cc1nnc(SC2CCCc3ccccc32)o1)c1ccccc1. The Kier molecular flexibility index (Phi) is 4.88. The van der Waals surface area contributed by atoms with E-state index in [1.54, 1.807) is 11.8 Å². The fourth-order valence-corrected chi connectivity index (χ4v) is 4.60. The van der Waals surface area contributed by atoms with Crippen LogP contribution < -0.4 is 0 Å². The average molecular weight is 350 g/mol. The number of fused-ring (bicyclic) bond motifs is 1. The van der Waals surface area contributed by atoms with Gasteiger partial charge in [0.05, 0.1) is 0 Å². The highest BCUT2D eigenvalue weighted by Crippen LogP contribution is 2.42. The second-order valence-corrected chi connectivity index (χ2v) is 7.83. The zero-order chi connectivity index (χ0) is 17.1. The second-order valence-electron chi connectivity index (χ2n) is 6.68. The van der Waals surface area contributed by atoms with Crippen LogP contribution in [0.2, 0.25) is 0 Å². The third-order valence-electron chi connectivity index (χ3n) is 4.86. The summed E-state index contributed by atoms with van der Waals surface area (Å²) in [5.41, 5.74) is 4.19. The van der Waals surface area contributed by atoms with Crippen LogP contribution in [0.15, 0.2) is 64.2 Å². The zero-order valence-electron chi connectivity index (χ0n) is 14.4. The quantitative estimate of drug-likeness (QED) is 0.601. The number of aryl methyl sites for hydroxylation is 1. The van der Waals surface area contributed by atoms with Gasteiger partial charge in [0.25, 0.3) is 5.22 Å². The minimum absolute atomic E-state index is 0.370. The summed E-state index contributed by atoms with van der Waals surface area (Å²) in [6.45, 7) is 2.20. The highest BCUT2D eigenvalue weighted by Gasteiger charge is 2.23. The van der Waals surface area contributed by atoms with E-state index in [4.69, 9.17) is 4.42 Å². The predicted octanol–water partition coefficient (Wildman–Crippen LogP) is 5.59. The fourth-order valence-electron chi connectivity index (χ4n) is 3.48. The smallest absolute Gasteiger partial charge is 0.277 e. The molecule has 0 spiro atoms. The van der Waals surface area contributed by atoms with Crippen LogP contribution in [0, 0.1) is 0 Å². The molecule has 1 aliphatic carbocycles. The molecule has 4 heteroatoms. The van der Waals surface area contributed by atoms with Gasteiger partial charge in [0.15, 0.2) is 0 Å². The van der Waals surface area contributed by atoms with Crippen molar-refractivity contribution in [3.8, 4) is 0 Å². The summed E-state index contributed by atoms with van der Waals surface area (Å²) in [5, 5.41) is 9.65. The summed E-state index contributed by atoms with van der Waals surface area (Å²) < 4.78 is 5.93. The Labute approximate surface area is 152 Å². The molecule has 1 aromatic heterocycles. The standard InChI is InChI=1S/C21H22N2OS/c1-15(16-8-3-2-4-9-16)14-20-22-23-21(24-20)25-19-13-7-11-17-10-5-6-12-18(17)19/h2-6,8-10,12,15,19H,7,11,13-14H2,1H3. The lowest BCUT2D eigenvalue weighted by molar-refractivity contribution is 0.403. The molecule has 3 aromatic rings. The Hall–Kier alpha value is -2.07. The van der Waals surface area contributed by atoms with Crippen LogP contribution in [0.25, 0.3) is 0 Å². The van der Waals surface area contributed by atoms with Gasteiger partial charge in [-0.25, -0.2) is 0 Å². The van der Waals surface area contributed by atoms with Crippen LogP contribution in [0.1, 0.15) is 53.5 Å². The largest absolute Gasteiger partial charge is 0.416 e. The summed E-state index contributed by atoms with van der Waals surface area (Å²) >= 11 is 1.71. The first kappa shape index (κ1) is 16.4. The first-order chi connectivity index (χ1) is 12.3. The van der Waals surface area contributed by atoms with Gasteiger partial charge in [0.1, 0.15) is 0 Å². The van der Waals surface area contributed by atoms with Crippen LogP contribution in [-0.2, 0) is 12.8 Å². The van der Waals surface area contributed by atoms with E-state index in [1.165, 1.54) is 36.0 Å². The van der Waals surface area contributed by atoms with Crippen LogP contribution in [0.4, 0.5) is 0 Å². The molecule has 1 aliphatic rings. The van der Waals surface area contributed by atoms with Crippen molar-refractivity contribution in [1.29, 1.82) is 0 Å². The Morgan fingerprint density at radius 1 is 1.08 bits per heavy atom. The van der Waals surface area contributed by atoms with Crippen molar-refractivity contribution in [2.24, 2.45) is 0 Å². The van der Waals surface area contributed by atoms with E-state index in [0.717, 1.165) is 12.3 Å². The van der Waals surface area contributed by atoms with Crippen molar-refractivity contribution >= 4 is 11.8 Å². The Balaban J connectivity index is 1.44. The van der Waals surface area contributed by atoms with Crippen molar-refractivity contribution in [1.82, 2.24) is 10.2 Å². The molecule has 1 heterocycles. The molecule has 0 bridgehead atoms. The van der Waals surface area contributed by atoms with E-state index in [9.17, 15) is 0 Å². The minimum atomic E-state index is 0.370. The molecular weight excluding hydrogens is 328 g/mol. The van der Waals surface area contributed by atoms with E-state index in [-0.39, 0.29) is 0 Å². The summed E-state index contributed by atoms with van der Waals surface area (Å²) in [4.78, 5) is 0. The third-order valence-corrected chi connectivity index (χ3v) is 6.00. The molecule has 25 heavy (non-hydrogen) atoms. The molecule has 2 aromatic carbocycles. The molecule has 0 radical (unpaired) electrons. The Morgan fingerprint density at radius 2 is 1.88 bits per heavy atom. The second kappa shape index (κ2) is 7.44. The lowest BCUT2D eigenvalue weighted by Crippen LogP contribution is -2.06. The number of benzene rings is 2. The number of thioether (sulfide) groups is 1. The fraction of sp³-hybridized carbons (Fsp3) is 0.333. The maximum absolute atomic E-state index is 5.93. The molecule has 0 aliphatic heterocycles. The van der Waals surface area contributed by atoms with Gasteiger partial charge in [0.2, 0.25) is 5.89 Å². The summed E-state index contributed by atoms with van der Waals surface area (Å²) in [6, 6.07) is 19.2. The number of rotatable bonds is 5. The lowest BCUT2D eigenvalue weighted by atomic mass is 9.91. The number of hydrogen-bond donors (Lipinski definition) is 0. The van der Waals surface area contributed by atoms with Crippen LogP contribution in [0.3, 0.4) is 0 Å². The molecule has 2 unspecified atom stereocenters. The van der Waals surface area contributed by atoms with E-state index < -0.39 is 0 Å². The topological polar surface area (TPSA) is 38.9 Å². The van der Waals surface area contributed by atoms with E-state index in [1.807, 2.05) is 6.07 Å². The first-order valence-electron chi connectivity index (χ1n) is 8.91. The van der Waals surface area contributed by atoms with Gasteiger partial charge in [0, 0.05) is 11.7 Å². The summed E-state index contributed by atoms with van der Waals surface area (Å²) in [5.74, 6) is 1.10. The molecule has 3 nitrogen and oxygen atoms in total. The van der Waals surface area contributed by atoms with Crippen molar-refractivity contribution in [3.05, 3.63) is 77.2 Å². The highest BCUT2D eigenvalue weighted by atomic mass is 32.2. The molecule has 0 saturated carbocycles.